The fourth-order valence-electron chi connectivity index (χ4n) is 3.56. The second-order valence-corrected chi connectivity index (χ2v) is 6.39. The summed E-state index contributed by atoms with van der Waals surface area (Å²) in [4.78, 5) is 23.6. The van der Waals surface area contributed by atoms with Gasteiger partial charge in [-0.1, -0.05) is 25.3 Å². The second-order valence-electron chi connectivity index (χ2n) is 6.39. The van der Waals surface area contributed by atoms with E-state index >= 15 is 0 Å². The van der Waals surface area contributed by atoms with Gasteiger partial charge in [-0.3, -0.25) is 0 Å². The highest BCUT2D eigenvalue weighted by molar-refractivity contribution is 5.80. The van der Waals surface area contributed by atoms with E-state index in [1.165, 1.54) is 0 Å². The molecule has 0 spiro atoms. The van der Waals surface area contributed by atoms with Crippen molar-refractivity contribution < 1.29 is 24.2 Å². The normalized spacial score (nSPS) is 26.4. The van der Waals surface area contributed by atoms with Gasteiger partial charge in [-0.25, -0.2) is 9.59 Å². The molecule has 2 aliphatic rings. The average Bonchev–Trinajstić information content (AvgIpc) is 2.98. The Hall–Kier alpha value is -1.56. The van der Waals surface area contributed by atoms with Crippen LogP contribution in [0.1, 0.15) is 51.4 Å². The van der Waals surface area contributed by atoms with Gasteiger partial charge in [-0.15, -0.1) is 6.58 Å². The summed E-state index contributed by atoms with van der Waals surface area (Å²) in [6.07, 6.45) is 7.96. The molecule has 2 saturated carbocycles. The van der Waals surface area contributed by atoms with Gasteiger partial charge >= 0.3 is 12.1 Å². The predicted molar refractivity (Wildman–Crippen MR) is 85.2 cm³/mol. The van der Waals surface area contributed by atoms with Gasteiger partial charge in [0, 0.05) is 0 Å². The van der Waals surface area contributed by atoms with Gasteiger partial charge in [0.05, 0.1) is 12.7 Å². The van der Waals surface area contributed by atoms with Crippen LogP contribution in [-0.4, -0.2) is 42.0 Å². The summed E-state index contributed by atoms with van der Waals surface area (Å²) in [5.41, 5.74) is 0. The van der Waals surface area contributed by atoms with Gasteiger partial charge in [-0.05, 0) is 38.0 Å². The van der Waals surface area contributed by atoms with Crippen molar-refractivity contribution in [2.75, 3.05) is 6.61 Å². The van der Waals surface area contributed by atoms with Gasteiger partial charge in [0.25, 0.3) is 0 Å². The summed E-state index contributed by atoms with van der Waals surface area (Å²) in [6.45, 7) is 4.03. The summed E-state index contributed by atoms with van der Waals surface area (Å²) in [6, 6.07) is -0.864. The third-order valence-electron chi connectivity index (χ3n) is 4.74. The van der Waals surface area contributed by atoms with E-state index in [0.717, 1.165) is 51.4 Å². The van der Waals surface area contributed by atoms with Crippen LogP contribution in [-0.2, 0) is 14.3 Å². The minimum atomic E-state index is -0.986. The molecule has 0 bridgehead atoms. The summed E-state index contributed by atoms with van der Waals surface area (Å²) >= 11 is 0. The third kappa shape index (κ3) is 5.23. The number of carbonyl (C=O) groups excluding carboxylic acids is 1. The number of ether oxygens (including phenoxy) is 2. The summed E-state index contributed by atoms with van der Waals surface area (Å²) in [7, 11) is 0. The Morgan fingerprint density at radius 1 is 1.13 bits per heavy atom. The molecule has 0 unspecified atom stereocenters. The quantitative estimate of drug-likeness (QED) is 0.703. The zero-order valence-electron chi connectivity index (χ0n) is 13.5. The van der Waals surface area contributed by atoms with E-state index in [1.807, 2.05) is 0 Å². The molecule has 0 saturated heterocycles. The molecule has 2 rings (SSSR count). The maximum absolute atomic E-state index is 12.1. The molecule has 0 aromatic heterocycles. The Kier molecular flexibility index (Phi) is 6.89. The summed E-state index contributed by atoms with van der Waals surface area (Å²) in [5, 5.41) is 12.0. The molecular formula is C17H27NO5. The SMILES string of the molecule is C=CCO[C@@H]1CCC[C@H]1OC(=O)N[C@H](C(=O)O)C1CCCCC1. The molecule has 2 fully saturated rings. The minimum Gasteiger partial charge on any atom is -0.480 e. The van der Waals surface area contributed by atoms with Gasteiger partial charge in [0.2, 0.25) is 0 Å². The molecule has 2 N–H and O–H groups in total. The lowest BCUT2D eigenvalue weighted by Crippen LogP contribution is -2.48. The standard InChI is InChI=1S/C17H27NO5/c1-2-11-22-13-9-6-10-14(13)23-17(21)18-15(16(19)20)12-7-4-3-5-8-12/h2,12-15H,1,3-11H2,(H,18,21)(H,19,20)/t13-,14-,15+/m1/s1. The molecule has 1 amide bonds. The highest BCUT2D eigenvalue weighted by Crippen LogP contribution is 2.28. The lowest BCUT2D eigenvalue weighted by Gasteiger charge is -2.28. The zero-order chi connectivity index (χ0) is 16.7. The fraction of sp³-hybridized carbons (Fsp3) is 0.765. The molecule has 6 heteroatoms. The van der Waals surface area contributed by atoms with Crippen molar-refractivity contribution in [3.63, 3.8) is 0 Å². The molecule has 0 aromatic carbocycles. The molecule has 0 aliphatic heterocycles. The number of rotatable bonds is 7. The third-order valence-corrected chi connectivity index (χ3v) is 4.74. The smallest absolute Gasteiger partial charge is 0.408 e. The lowest BCUT2D eigenvalue weighted by atomic mass is 9.84. The van der Waals surface area contributed by atoms with Crippen molar-refractivity contribution in [2.24, 2.45) is 5.92 Å². The van der Waals surface area contributed by atoms with Gasteiger partial charge in [0.1, 0.15) is 12.1 Å². The predicted octanol–water partition coefficient (Wildman–Crippen LogP) is 2.87. The highest BCUT2D eigenvalue weighted by Gasteiger charge is 2.34. The molecule has 0 heterocycles. The van der Waals surface area contributed by atoms with Crippen molar-refractivity contribution in [1.29, 1.82) is 0 Å². The van der Waals surface area contributed by atoms with Crippen molar-refractivity contribution in [3.05, 3.63) is 12.7 Å². The number of alkyl carbamates (subject to hydrolysis) is 1. The van der Waals surface area contributed by atoms with E-state index < -0.39 is 18.1 Å². The van der Waals surface area contributed by atoms with E-state index in [0.29, 0.717) is 6.61 Å². The van der Waals surface area contributed by atoms with E-state index in [2.05, 4.69) is 11.9 Å². The summed E-state index contributed by atoms with van der Waals surface area (Å²) < 4.78 is 11.0. The highest BCUT2D eigenvalue weighted by atomic mass is 16.6. The number of hydrogen-bond donors (Lipinski definition) is 2. The van der Waals surface area contributed by atoms with Crippen LogP contribution in [0.3, 0.4) is 0 Å². The largest absolute Gasteiger partial charge is 0.480 e. The molecular weight excluding hydrogens is 298 g/mol. The van der Waals surface area contributed by atoms with Crippen LogP contribution in [0.15, 0.2) is 12.7 Å². The molecule has 130 valence electrons. The van der Waals surface area contributed by atoms with Crippen LogP contribution in [0.5, 0.6) is 0 Å². The van der Waals surface area contributed by atoms with Crippen LogP contribution >= 0.6 is 0 Å². The monoisotopic (exact) mass is 325 g/mol. The number of aliphatic carboxylic acids is 1. The Morgan fingerprint density at radius 3 is 2.48 bits per heavy atom. The topological polar surface area (TPSA) is 84.9 Å². The molecule has 0 aromatic rings. The molecule has 0 radical (unpaired) electrons. The van der Waals surface area contributed by atoms with E-state index in [4.69, 9.17) is 9.47 Å². The Labute approximate surface area is 137 Å². The molecule has 23 heavy (non-hydrogen) atoms. The first-order valence-electron chi connectivity index (χ1n) is 8.54. The molecule has 2 aliphatic carbocycles. The van der Waals surface area contributed by atoms with Gasteiger partial charge in [-0.2, -0.15) is 0 Å². The first kappa shape index (κ1) is 17.8. The first-order chi connectivity index (χ1) is 11.1. The van der Waals surface area contributed by atoms with Gasteiger partial charge in [0.15, 0.2) is 0 Å². The molecule has 6 nitrogen and oxygen atoms in total. The zero-order valence-corrected chi connectivity index (χ0v) is 13.5. The number of hydrogen-bond acceptors (Lipinski definition) is 4. The van der Waals surface area contributed by atoms with E-state index in [9.17, 15) is 14.7 Å². The number of carboxylic acid groups (broad SMARTS) is 1. The maximum Gasteiger partial charge on any atom is 0.408 e. The Bertz CT molecular complexity index is 419. The Balaban J connectivity index is 1.85. The van der Waals surface area contributed by atoms with Crippen molar-refractivity contribution in [1.82, 2.24) is 5.32 Å². The number of carboxylic acids is 1. The van der Waals surface area contributed by atoms with Gasteiger partial charge < -0.3 is 19.9 Å². The van der Waals surface area contributed by atoms with Crippen molar-refractivity contribution in [3.8, 4) is 0 Å². The maximum atomic E-state index is 12.1. The van der Waals surface area contributed by atoms with Crippen LogP contribution in [0.25, 0.3) is 0 Å². The van der Waals surface area contributed by atoms with Crippen molar-refractivity contribution in [2.45, 2.75) is 69.6 Å². The van der Waals surface area contributed by atoms with Crippen molar-refractivity contribution >= 4 is 12.1 Å². The van der Waals surface area contributed by atoms with Crippen LogP contribution in [0, 0.1) is 5.92 Å². The Morgan fingerprint density at radius 2 is 1.83 bits per heavy atom. The fourth-order valence-corrected chi connectivity index (χ4v) is 3.56. The number of nitrogens with one attached hydrogen (secondary N) is 1. The van der Waals surface area contributed by atoms with E-state index in [1.54, 1.807) is 6.08 Å². The average molecular weight is 325 g/mol. The van der Waals surface area contributed by atoms with Crippen LogP contribution in [0.2, 0.25) is 0 Å². The van der Waals surface area contributed by atoms with Crippen LogP contribution in [0.4, 0.5) is 4.79 Å². The first-order valence-corrected chi connectivity index (χ1v) is 8.54. The lowest BCUT2D eigenvalue weighted by molar-refractivity contribution is -0.141. The number of carbonyl (C=O) groups is 2. The van der Waals surface area contributed by atoms with Crippen LogP contribution < -0.4 is 5.32 Å². The second kappa shape index (κ2) is 8.91. The van der Waals surface area contributed by atoms with E-state index in [-0.39, 0.29) is 18.1 Å². The minimum absolute atomic E-state index is 0.00908. The number of amides is 1. The summed E-state index contributed by atoms with van der Waals surface area (Å²) in [5.74, 6) is -0.995. The molecule has 3 atom stereocenters.